The zero-order valence-corrected chi connectivity index (χ0v) is 27.8. The number of aliphatic hydroxyl groups is 1. The number of aliphatic carboxylic acids is 1. The number of aliphatic hydroxyl groups excluding tert-OH is 1. The number of esters is 4. The van der Waals surface area contributed by atoms with Crippen LogP contribution in [0.1, 0.15) is 87.0 Å². The Morgan fingerprint density at radius 1 is 0.867 bits per heavy atom. The maximum absolute atomic E-state index is 13.6. The molecule has 1 saturated heterocycles. The van der Waals surface area contributed by atoms with Crippen molar-refractivity contribution < 1.29 is 48.4 Å². The molecular formula is C35H52O10. The molecule has 0 aromatic heterocycles. The van der Waals surface area contributed by atoms with Gasteiger partial charge in [0.25, 0.3) is 0 Å². The molecule has 6 aliphatic rings. The van der Waals surface area contributed by atoms with Crippen LogP contribution in [0.2, 0.25) is 0 Å². The summed E-state index contributed by atoms with van der Waals surface area (Å²) in [5.74, 6) is -7.52. The lowest BCUT2D eigenvalue weighted by molar-refractivity contribution is -0.183. The maximum atomic E-state index is 13.6. The van der Waals surface area contributed by atoms with Crippen LogP contribution in [0.15, 0.2) is 0 Å². The minimum absolute atomic E-state index is 0.0154. The molecule has 0 radical (unpaired) electrons. The number of carbonyl (C=O) groups is 5. The van der Waals surface area contributed by atoms with Crippen LogP contribution < -0.4 is 0 Å². The highest BCUT2D eigenvalue weighted by atomic mass is 16.6. The Balaban J connectivity index is 1.47. The molecule has 0 amide bonds. The van der Waals surface area contributed by atoms with Crippen LogP contribution in [0.3, 0.4) is 0 Å². The summed E-state index contributed by atoms with van der Waals surface area (Å²) in [6.45, 7) is 13.1. The number of carboxylic acid groups (broad SMARTS) is 1. The average Bonchev–Trinajstić information content (AvgIpc) is 3.61. The van der Waals surface area contributed by atoms with Gasteiger partial charge in [-0.15, -0.1) is 0 Å². The first-order chi connectivity index (χ1) is 21.1. The Morgan fingerprint density at radius 2 is 1.53 bits per heavy atom. The van der Waals surface area contributed by atoms with Crippen molar-refractivity contribution >= 4 is 29.8 Å². The highest BCUT2D eigenvalue weighted by Crippen LogP contribution is 2.68. The number of hydrogen-bond donors (Lipinski definition) is 2. The third-order valence-electron chi connectivity index (χ3n) is 12.9. The molecule has 1 heterocycles. The monoisotopic (exact) mass is 632 g/mol. The second-order valence-electron chi connectivity index (χ2n) is 15.9. The maximum Gasteiger partial charge on any atom is 0.317 e. The van der Waals surface area contributed by atoms with Gasteiger partial charge < -0.3 is 24.4 Å². The van der Waals surface area contributed by atoms with E-state index in [4.69, 9.17) is 14.2 Å². The molecule has 1 aliphatic heterocycles. The molecule has 6 fully saturated rings. The lowest BCUT2D eigenvalue weighted by Crippen LogP contribution is -2.57. The minimum Gasteiger partial charge on any atom is -0.481 e. The van der Waals surface area contributed by atoms with Crippen LogP contribution >= 0.6 is 0 Å². The summed E-state index contributed by atoms with van der Waals surface area (Å²) in [6, 6.07) is 0. The molecule has 0 aromatic rings. The normalized spacial score (nSPS) is 40.8. The Bertz CT molecular complexity index is 1190. The Hall–Kier alpha value is -2.49. The van der Waals surface area contributed by atoms with Crippen molar-refractivity contribution in [1.82, 2.24) is 0 Å². The van der Waals surface area contributed by atoms with E-state index in [1.807, 2.05) is 34.6 Å². The topological polar surface area (TPSA) is 154 Å². The van der Waals surface area contributed by atoms with E-state index < -0.39 is 64.5 Å². The third kappa shape index (κ3) is 5.71. The van der Waals surface area contributed by atoms with Crippen molar-refractivity contribution in [3.05, 3.63) is 0 Å². The van der Waals surface area contributed by atoms with Gasteiger partial charge in [0.2, 0.25) is 0 Å². The van der Waals surface area contributed by atoms with Gasteiger partial charge in [0.1, 0.15) is 5.60 Å². The van der Waals surface area contributed by atoms with Crippen LogP contribution in [-0.4, -0.2) is 58.9 Å². The second-order valence-corrected chi connectivity index (χ2v) is 15.9. The molecule has 252 valence electrons. The van der Waals surface area contributed by atoms with Gasteiger partial charge >= 0.3 is 29.8 Å². The third-order valence-corrected chi connectivity index (χ3v) is 12.9. The van der Waals surface area contributed by atoms with E-state index in [0.29, 0.717) is 25.7 Å². The zero-order valence-electron chi connectivity index (χ0n) is 27.8. The standard InChI is InChI=1S/C35H52O10/c1-8-35(9-2,14-36)15-43-32(41)28-20-13-22(27(28)29(37)38)23(16(20)3)25-18-10-11-19(21(12-18)31(40)45-34(5,6)7)26(25)24-17(4)30(39)44-33(24)42/h16-28,36H,8-15H2,1-7H3,(H,37,38). The summed E-state index contributed by atoms with van der Waals surface area (Å²) in [4.78, 5) is 66.0. The van der Waals surface area contributed by atoms with Crippen molar-refractivity contribution in [2.24, 2.45) is 82.3 Å². The van der Waals surface area contributed by atoms with Crippen molar-refractivity contribution in [3.8, 4) is 0 Å². The first-order valence-electron chi connectivity index (χ1n) is 17.1. The van der Waals surface area contributed by atoms with Crippen LogP contribution in [0.4, 0.5) is 0 Å². The van der Waals surface area contributed by atoms with Crippen molar-refractivity contribution in [2.45, 2.75) is 92.6 Å². The molecule has 13 unspecified atom stereocenters. The second kappa shape index (κ2) is 12.3. The molecule has 6 rings (SSSR count). The van der Waals surface area contributed by atoms with E-state index >= 15 is 0 Å². The summed E-state index contributed by atoms with van der Waals surface area (Å²) in [5, 5.41) is 20.5. The summed E-state index contributed by atoms with van der Waals surface area (Å²) >= 11 is 0. The number of ether oxygens (including phenoxy) is 3. The highest BCUT2D eigenvalue weighted by molar-refractivity contribution is 5.96. The van der Waals surface area contributed by atoms with Gasteiger partial charge in [0.15, 0.2) is 0 Å². The molecule has 13 atom stereocenters. The van der Waals surface area contributed by atoms with Crippen molar-refractivity contribution in [3.63, 3.8) is 0 Å². The van der Waals surface area contributed by atoms with E-state index in [0.717, 1.165) is 12.8 Å². The Kier molecular flexibility index (Phi) is 9.23. The molecule has 10 heteroatoms. The first-order valence-corrected chi connectivity index (χ1v) is 17.1. The quantitative estimate of drug-likeness (QED) is 0.200. The fourth-order valence-electron chi connectivity index (χ4n) is 10.6. The molecular weight excluding hydrogens is 580 g/mol. The number of rotatable bonds is 10. The Labute approximate surface area is 266 Å². The fraction of sp³-hybridized carbons (Fsp3) is 0.857. The fourth-order valence-corrected chi connectivity index (χ4v) is 10.6. The predicted molar refractivity (Wildman–Crippen MR) is 161 cm³/mol. The van der Waals surface area contributed by atoms with Gasteiger partial charge in [-0.1, -0.05) is 27.7 Å². The van der Waals surface area contributed by atoms with Crippen molar-refractivity contribution in [1.29, 1.82) is 0 Å². The molecule has 5 saturated carbocycles. The lowest BCUT2D eigenvalue weighted by atomic mass is 9.45. The highest BCUT2D eigenvalue weighted by Gasteiger charge is 2.68. The first kappa shape index (κ1) is 33.9. The van der Waals surface area contributed by atoms with Crippen LogP contribution in [0.5, 0.6) is 0 Å². The van der Waals surface area contributed by atoms with Crippen LogP contribution in [0.25, 0.3) is 0 Å². The van der Waals surface area contributed by atoms with Crippen LogP contribution in [0, 0.1) is 82.3 Å². The van der Waals surface area contributed by atoms with Gasteiger partial charge in [-0.2, -0.15) is 0 Å². The largest absolute Gasteiger partial charge is 0.481 e. The van der Waals surface area contributed by atoms with Gasteiger partial charge in [-0.3, -0.25) is 24.0 Å². The van der Waals surface area contributed by atoms with E-state index in [9.17, 15) is 34.2 Å². The van der Waals surface area contributed by atoms with Gasteiger partial charge in [-0.05, 0) is 107 Å². The molecule has 5 aliphatic carbocycles. The lowest BCUT2D eigenvalue weighted by Gasteiger charge is -2.58. The molecule has 4 bridgehead atoms. The number of fused-ring (bicyclic) bond motifs is 5. The number of carbonyl (C=O) groups excluding carboxylic acids is 4. The van der Waals surface area contributed by atoms with Gasteiger partial charge in [-0.25, -0.2) is 0 Å². The van der Waals surface area contributed by atoms with Gasteiger partial charge in [0.05, 0.1) is 42.8 Å². The van der Waals surface area contributed by atoms with Gasteiger partial charge in [0, 0.05) is 5.41 Å². The smallest absolute Gasteiger partial charge is 0.317 e. The predicted octanol–water partition coefficient (Wildman–Crippen LogP) is 4.50. The summed E-state index contributed by atoms with van der Waals surface area (Å²) in [7, 11) is 0. The molecule has 10 nitrogen and oxygen atoms in total. The van der Waals surface area contributed by atoms with E-state index in [2.05, 4.69) is 6.92 Å². The molecule has 45 heavy (non-hydrogen) atoms. The van der Waals surface area contributed by atoms with E-state index in [1.165, 1.54) is 0 Å². The summed E-state index contributed by atoms with van der Waals surface area (Å²) in [6.07, 6.45) is 4.03. The summed E-state index contributed by atoms with van der Waals surface area (Å²) < 4.78 is 16.8. The number of hydrogen-bond acceptors (Lipinski definition) is 9. The van der Waals surface area contributed by atoms with Crippen molar-refractivity contribution in [2.75, 3.05) is 13.2 Å². The SMILES string of the molecule is CCC(CC)(CO)COC(=O)C1C2CC(C1C(=O)O)C(C1C3CCC(C(C(=O)OC(C)(C)C)C3)C1C1C(=O)OC(=O)C1C)C2C. The number of cyclic esters (lactones) is 2. The summed E-state index contributed by atoms with van der Waals surface area (Å²) in [5.41, 5.74) is -1.22. The van der Waals surface area contributed by atoms with Crippen LogP contribution in [-0.2, 0) is 38.2 Å². The Morgan fingerprint density at radius 3 is 2.07 bits per heavy atom. The zero-order chi connectivity index (χ0) is 33.2. The molecule has 0 aromatic carbocycles. The minimum atomic E-state index is -1.02. The van der Waals surface area contributed by atoms with E-state index in [-0.39, 0.29) is 66.5 Å². The number of carboxylic acids is 1. The van der Waals surface area contributed by atoms with E-state index in [1.54, 1.807) is 6.92 Å². The average molecular weight is 633 g/mol. The molecule has 2 N–H and O–H groups in total. The molecule has 0 spiro atoms.